The van der Waals surface area contributed by atoms with E-state index in [9.17, 15) is 38.4 Å². The maximum absolute atomic E-state index is 13.1. The molecule has 0 unspecified atom stereocenters. The first-order valence-electron chi connectivity index (χ1n) is 19.5. The minimum atomic E-state index is -1.50. The monoisotopic (exact) mass is 876 g/mol. The van der Waals surface area contributed by atoms with Gasteiger partial charge in [-0.25, -0.2) is 38.4 Å². The van der Waals surface area contributed by atoms with Crippen molar-refractivity contribution in [3.8, 4) is 0 Å². The van der Waals surface area contributed by atoms with Crippen molar-refractivity contribution >= 4 is 48.0 Å². The third-order valence-corrected chi connectivity index (χ3v) is 8.51. The van der Waals surface area contributed by atoms with Gasteiger partial charge in [-0.3, -0.25) is 0 Å². The fourth-order valence-electron chi connectivity index (χ4n) is 4.44. The number of hydrogen-bond acceptors (Lipinski definition) is 16. The zero-order valence-corrected chi connectivity index (χ0v) is 37.6. The highest BCUT2D eigenvalue weighted by Crippen LogP contribution is 2.25. The molecule has 18 nitrogen and oxygen atoms in total. The summed E-state index contributed by atoms with van der Waals surface area (Å²) in [6, 6.07) is 0. The van der Waals surface area contributed by atoms with E-state index in [0.717, 1.165) is 0 Å². The quantitative estimate of drug-likeness (QED) is 0.0399. The van der Waals surface area contributed by atoms with E-state index in [1.807, 2.05) is 0 Å². The molecule has 0 N–H and O–H groups in total. The summed E-state index contributed by atoms with van der Waals surface area (Å²) < 4.78 is 43.0. The van der Waals surface area contributed by atoms with Crippen molar-refractivity contribution in [3.63, 3.8) is 0 Å². The lowest BCUT2D eigenvalue weighted by molar-refractivity contribution is -0.163. The summed E-state index contributed by atoms with van der Waals surface area (Å²) in [6.07, 6.45) is 0.878. The van der Waals surface area contributed by atoms with E-state index in [1.54, 1.807) is 0 Å². The second-order valence-electron chi connectivity index (χ2n) is 15.5. The molecule has 0 bridgehead atoms. The number of ether oxygens (including phenoxy) is 8. The van der Waals surface area contributed by atoms with Gasteiger partial charge < -0.3 is 47.7 Å². The molecule has 0 radical (unpaired) electrons. The lowest BCUT2D eigenvalue weighted by Gasteiger charge is -2.32. The highest BCUT2D eigenvalue weighted by atomic mass is 16.6. The number of carbonyl (C=O) groups excluding carboxylic acids is 8. The Morgan fingerprint density at radius 3 is 0.694 bits per heavy atom. The highest BCUT2D eigenvalue weighted by Gasteiger charge is 2.40. The molecule has 0 heterocycles. The fraction of sp³-hybridized carbons (Fsp3) is 0.545. The Bertz CT molecular complexity index is 1460. The van der Waals surface area contributed by atoms with Crippen molar-refractivity contribution in [1.82, 2.24) is 9.80 Å². The number of esters is 6. The van der Waals surface area contributed by atoms with Crippen LogP contribution < -0.4 is 0 Å². The lowest BCUT2D eigenvalue weighted by atomic mass is 9.92. The van der Waals surface area contributed by atoms with Crippen LogP contribution in [0.1, 0.15) is 67.2 Å². The first kappa shape index (κ1) is 55.8. The van der Waals surface area contributed by atoms with Crippen LogP contribution in [0.4, 0.5) is 9.59 Å². The molecule has 18 heteroatoms. The first-order valence-corrected chi connectivity index (χ1v) is 19.5. The molecule has 0 saturated heterocycles. The van der Waals surface area contributed by atoms with Crippen LogP contribution in [0, 0.1) is 10.8 Å². The summed E-state index contributed by atoms with van der Waals surface area (Å²) in [5, 5.41) is 0. The zero-order valence-electron chi connectivity index (χ0n) is 37.6. The molecule has 346 valence electrons. The molecule has 0 aromatic heterocycles. The number of rotatable bonds is 29. The van der Waals surface area contributed by atoms with Gasteiger partial charge in [-0.2, -0.15) is 0 Å². The average molecular weight is 877 g/mol. The van der Waals surface area contributed by atoms with Crippen LogP contribution in [0.5, 0.6) is 0 Å². The summed E-state index contributed by atoms with van der Waals surface area (Å²) in [5.74, 6) is -4.60. The smallest absolute Gasteiger partial charge is 0.409 e. The molecule has 0 rings (SSSR count). The van der Waals surface area contributed by atoms with Crippen molar-refractivity contribution in [3.05, 3.63) is 72.9 Å². The van der Waals surface area contributed by atoms with Crippen LogP contribution >= 0.6 is 0 Å². The summed E-state index contributed by atoms with van der Waals surface area (Å²) >= 11 is 0. The number of hydrogen-bond donors (Lipinski definition) is 0. The van der Waals surface area contributed by atoms with E-state index in [0.29, 0.717) is 25.7 Å². The summed E-state index contributed by atoms with van der Waals surface area (Å²) in [6.45, 7) is 26.6. The Kier molecular flexibility index (Phi) is 24.8. The van der Waals surface area contributed by atoms with Gasteiger partial charge in [-0.1, -0.05) is 52.3 Å². The van der Waals surface area contributed by atoms with Crippen molar-refractivity contribution in [2.24, 2.45) is 10.8 Å². The summed E-state index contributed by atoms with van der Waals surface area (Å²) in [5.41, 5.74) is -2.51. The predicted molar refractivity (Wildman–Crippen MR) is 226 cm³/mol. The van der Waals surface area contributed by atoms with Crippen LogP contribution in [0.2, 0.25) is 0 Å². The largest absolute Gasteiger partial charge is 0.461 e. The van der Waals surface area contributed by atoms with E-state index in [4.69, 9.17) is 37.9 Å². The van der Waals surface area contributed by atoms with Gasteiger partial charge in [0.15, 0.2) is 0 Å². The highest BCUT2D eigenvalue weighted by molar-refractivity contribution is 5.89. The molecule has 0 aliphatic rings. The van der Waals surface area contributed by atoms with Crippen molar-refractivity contribution < 1.29 is 76.3 Å². The topological polar surface area (TPSA) is 217 Å². The van der Waals surface area contributed by atoms with Gasteiger partial charge >= 0.3 is 48.0 Å². The van der Waals surface area contributed by atoms with Gasteiger partial charge in [0.25, 0.3) is 0 Å². The maximum atomic E-state index is 13.1. The molecule has 0 fully saturated rings. The molecule has 2 amide bonds. The second kappa shape index (κ2) is 27.6. The van der Waals surface area contributed by atoms with Gasteiger partial charge in [-0.15, -0.1) is 0 Å². The summed E-state index contributed by atoms with van der Waals surface area (Å²) in [7, 11) is 3.02. The van der Waals surface area contributed by atoms with Crippen molar-refractivity contribution in [2.75, 3.05) is 80.0 Å². The van der Waals surface area contributed by atoms with E-state index in [2.05, 4.69) is 39.5 Å². The van der Waals surface area contributed by atoms with Gasteiger partial charge in [0.05, 0.1) is 0 Å². The molecule has 0 aromatic rings. The standard InChI is InChI=1S/C44H64N2O16/c1-29(2)35(47)55-21-43(22-56-36(48)30(3)4,23-57-37(49)31(5)6)27-61-41(53)45(13)19-17-15-16-18-20-46(14)42(54)62-28-44(24-58-38(50)32(7)8,25-59-39(51)33(9)10)26-60-40(52)34(11)12/h1,3,5,7,9,11,15-28H2,2,4,6,8,10,12-14H3. The van der Waals surface area contributed by atoms with Crippen LogP contribution in [0.15, 0.2) is 72.9 Å². The molecule has 0 aromatic carbocycles. The Morgan fingerprint density at radius 1 is 0.339 bits per heavy atom. The van der Waals surface area contributed by atoms with E-state index < -0.39 is 112 Å². The van der Waals surface area contributed by atoms with E-state index >= 15 is 0 Å². The molecule has 0 aliphatic carbocycles. The minimum Gasteiger partial charge on any atom is -0.461 e. The maximum Gasteiger partial charge on any atom is 0.409 e. The van der Waals surface area contributed by atoms with Gasteiger partial charge in [-0.05, 0) is 54.4 Å². The Balaban J connectivity index is 5.51. The predicted octanol–water partition coefficient (Wildman–Crippen LogP) is 5.37. The number of carbonyl (C=O) groups is 8. The number of amides is 2. The average Bonchev–Trinajstić information content (AvgIpc) is 3.21. The Labute approximate surface area is 364 Å². The first-order chi connectivity index (χ1) is 28.8. The Hall–Kier alpha value is -6.20. The Morgan fingerprint density at radius 2 is 0.516 bits per heavy atom. The normalized spacial score (nSPS) is 10.8. The molecule has 0 saturated carbocycles. The minimum absolute atomic E-state index is 0.0818. The van der Waals surface area contributed by atoms with E-state index in [1.165, 1.54) is 65.4 Å². The van der Waals surface area contributed by atoms with Crippen LogP contribution in [0.3, 0.4) is 0 Å². The fourth-order valence-corrected chi connectivity index (χ4v) is 4.44. The third-order valence-electron chi connectivity index (χ3n) is 8.51. The summed E-state index contributed by atoms with van der Waals surface area (Å²) in [4.78, 5) is 102. The van der Waals surface area contributed by atoms with Gasteiger partial charge in [0.2, 0.25) is 0 Å². The lowest BCUT2D eigenvalue weighted by Crippen LogP contribution is -2.45. The SMILES string of the molecule is C=C(C)C(=O)OCC(COC(=O)C(=C)C)(COC(=O)C(=C)C)COC(=O)N(C)CCCCCCN(C)C(=O)OCC(COC(=O)C(=C)C)(COC(=O)C(=C)C)COC(=O)C(=C)C. The molecular formula is C44H64N2O16. The molecule has 62 heavy (non-hydrogen) atoms. The van der Waals surface area contributed by atoms with Gasteiger partial charge in [0, 0.05) is 60.6 Å². The second-order valence-corrected chi connectivity index (χ2v) is 15.5. The molecule has 0 atom stereocenters. The molecule has 0 aliphatic heterocycles. The van der Waals surface area contributed by atoms with Crippen molar-refractivity contribution in [1.29, 1.82) is 0 Å². The van der Waals surface area contributed by atoms with Gasteiger partial charge in [0.1, 0.15) is 63.7 Å². The van der Waals surface area contributed by atoms with Crippen LogP contribution in [0.25, 0.3) is 0 Å². The van der Waals surface area contributed by atoms with Crippen LogP contribution in [-0.4, -0.2) is 138 Å². The third kappa shape index (κ3) is 21.9. The van der Waals surface area contributed by atoms with E-state index in [-0.39, 0.29) is 46.5 Å². The number of nitrogens with zero attached hydrogens (tertiary/aromatic N) is 2. The van der Waals surface area contributed by atoms with Crippen LogP contribution in [-0.2, 0) is 66.7 Å². The molecular weight excluding hydrogens is 812 g/mol. The molecule has 0 spiro atoms. The zero-order chi connectivity index (χ0) is 47.8. The number of unbranched alkanes of at least 4 members (excludes halogenated alkanes) is 3. The van der Waals surface area contributed by atoms with Crippen molar-refractivity contribution in [2.45, 2.75) is 67.2 Å².